The van der Waals surface area contributed by atoms with E-state index in [2.05, 4.69) is 16.4 Å². The van der Waals surface area contributed by atoms with E-state index < -0.39 is 0 Å². The van der Waals surface area contributed by atoms with Crippen LogP contribution in [0, 0.1) is 6.92 Å². The van der Waals surface area contributed by atoms with Crippen LogP contribution in [0.5, 0.6) is 0 Å². The summed E-state index contributed by atoms with van der Waals surface area (Å²) in [7, 11) is 1.40. The fourth-order valence-corrected chi connectivity index (χ4v) is 4.24. The van der Waals surface area contributed by atoms with E-state index in [1.165, 1.54) is 23.8 Å². The van der Waals surface area contributed by atoms with Crippen LogP contribution < -0.4 is 0 Å². The number of rotatable bonds is 3. The normalized spacial score (nSPS) is 19.9. The minimum atomic E-state index is -0.288. The summed E-state index contributed by atoms with van der Waals surface area (Å²) >= 11 is 1.68. The Kier molecular flexibility index (Phi) is 3.81. The quantitative estimate of drug-likeness (QED) is 0.662. The first kappa shape index (κ1) is 15.3. The highest BCUT2D eigenvalue weighted by Crippen LogP contribution is 2.48. The molecule has 2 heterocycles. The van der Waals surface area contributed by atoms with Crippen molar-refractivity contribution in [1.29, 1.82) is 0 Å². The molecule has 1 aliphatic carbocycles. The standard InChI is InChI=1S/C19H18N2O2S/c1-11-20-17(16-7-8-24-18(16)21-11)15-9-14(10-15)12-3-5-13(6-4-12)19(22)23-2/h3-8,14-15H,9-10H2,1-2H3. The van der Waals surface area contributed by atoms with Crippen molar-refractivity contribution in [3.63, 3.8) is 0 Å². The molecule has 0 saturated heterocycles. The second-order valence-corrected chi connectivity index (χ2v) is 7.17. The van der Waals surface area contributed by atoms with E-state index in [1.807, 2.05) is 31.2 Å². The van der Waals surface area contributed by atoms with Gasteiger partial charge in [-0.1, -0.05) is 12.1 Å². The maximum Gasteiger partial charge on any atom is 0.337 e. The van der Waals surface area contributed by atoms with Crippen LogP contribution in [0.15, 0.2) is 35.7 Å². The molecule has 3 aromatic rings. The molecule has 0 aliphatic heterocycles. The third-order valence-corrected chi connectivity index (χ3v) is 5.60. The van der Waals surface area contributed by atoms with Crippen molar-refractivity contribution in [2.75, 3.05) is 7.11 Å². The molecule has 0 spiro atoms. The predicted octanol–water partition coefficient (Wildman–Crippen LogP) is 4.45. The van der Waals surface area contributed by atoms with Gasteiger partial charge in [-0.2, -0.15) is 0 Å². The zero-order chi connectivity index (χ0) is 16.7. The summed E-state index contributed by atoms with van der Waals surface area (Å²) in [6.07, 6.45) is 2.19. The van der Waals surface area contributed by atoms with Crippen LogP contribution in [0.3, 0.4) is 0 Å². The van der Waals surface area contributed by atoms with E-state index in [9.17, 15) is 4.79 Å². The summed E-state index contributed by atoms with van der Waals surface area (Å²) < 4.78 is 4.74. The molecule has 0 amide bonds. The fraction of sp³-hybridized carbons (Fsp3) is 0.316. The number of hydrogen-bond acceptors (Lipinski definition) is 5. The molecule has 5 heteroatoms. The predicted molar refractivity (Wildman–Crippen MR) is 94.6 cm³/mol. The minimum Gasteiger partial charge on any atom is -0.465 e. The van der Waals surface area contributed by atoms with Gasteiger partial charge in [0, 0.05) is 11.3 Å². The highest BCUT2D eigenvalue weighted by molar-refractivity contribution is 7.16. The number of hydrogen-bond donors (Lipinski definition) is 0. The number of aromatic nitrogens is 2. The fourth-order valence-electron chi connectivity index (χ4n) is 3.42. The maximum atomic E-state index is 11.5. The number of benzene rings is 1. The van der Waals surface area contributed by atoms with Gasteiger partial charge in [0.2, 0.25) is 0 Å². The molecule has 0 radical (unpaired) electrons. The average Bonchev–Trinajstić information content (AvgIpc) is 3.01. The second kappa shape index (κ2) is 5.98. The van der Waals surface area contributed by atoms with E-state index in [4.69, 9.17) is 9.72 Å². The summed E-state index contributed by atoms with van der Waals surface area (Å²) in [6, 6.07) is 9.91. The number of fused-ring (bicyclic) bond motifs is 1. The van der Waals surface area contributed by atoms with Crippen molar-refractivity contribution < 1.29 is 9.53 Å². The molecule has 4 nitrogen and oxygen atoms in total. The van der Waals surface area contributed by atoms with Gasteiger partial charge in [-0.05, 0) is 54.8 Å². The third kappa shape index (κ3) is 2.59. The summed E-state index contributed by atoms with van der Waals surface area (Å²) in [6.45, 7) is 1.96. The first-order valence-corrected chi connectivity index (χ1v) is 8.93. The zero-order valence-corrected chi connectivity index (χ0v) is 14.5. The van der Waals surface area contributed by atoms with Crippen molar-refractivity contribution in [1.82, 2.24) is 9.97 Å². The number of thiophene rings is 1. The molecule has 0 atom stereocenters. The number of carbonyl (C=O) groups excluding carboxylic acids is 1. The van der Waals surface area contributed by atoms with Crippen molar-refractivity contribution in [2.24, 2.45) is 0 Å². The van der Waals surface area contributed by atoms with E-state index in [0.717, 1.165) is 23.5 Å². The van der Waals surface area contributed by atoms with Gasteiger partial charge in [0.15, 0.2) is 0 Å². The summed E-state index contributed by atoms with van der Waals surface area (Å²) in [5, 5.41) is 3.29. The molecule has 122 valence electrons. The Morgan fingerprint density at radius 3 is 2.58 bits per heavy atom. The molecule has 0 unspecified atom stereocenters. The molecule has 1 aromatic carbocycles. The van der Waals surface area contributed by atoms with Gasteiger partial charge in [0.05, 0.1) is 18.4 Å². The smallest absolute Gasteiger partial charge is 0.337 e. The number of nitrogens with zero attached hydrogens (tertiary/aromatic N) is 2. The van der Waals surface area contributed by atoms with E-state index in [1.54, 1.807) is 11.3 Å². The largest absolute Gasteiger partial charge is 0.465 e. The zero-order valence-electron chi connectivity index (χ0n) is 13.7. The molecule has 2 aromatic heterocycles. The van der Waals surface area contributed by atoms with Crippen LogP contribution in [0.4, 0.5) is 0 Å². The molecule has 1 saturated carbocycles. The van der Waals surface area contributed by atoms with Crippen LogP contribution in [-0.2, 0) is 4.74 Å². The summed E-state index contributed by atoms with van der Waals surface area (Å²) in [5.41, 5.74) is 3.08. The van der Waals surface area contributed by atoms with Gasteiger partial charge >= 0.3 is 5.97 Å². The SMILES string of the molecule is COC(=O)c1ccc(C2CC(c3nc(C)nc4sccc34)C2)cc1. The highest BCUT2D eigenvalue weighted by Gasteiger charge is 2.33. The number of esters is 1. The summed E-state index contributed by atoms with van der Waals surface area (Å²) in [5.74, 6) is 1.59. The van der Waals surface area contributed by atoms with Gasteiger partial charge in [-0.25, -0.2) is 14.8 Å². The van der Waals surface area contributed by atoms with Crippen molar-refractivity contribution in [2.45, 2.75) is 31.6 Å². The highest BCUT2D eigenvalue weighted by atomic mass is 32.1. The van der Waals surface area contributed by atoms with Crippen molar-refractivity contribution in [3.05, 3.63) is 58.4 Å². The topological polar surface area (TPSA) is 52.1 Å². The molecule has 1 aliphatic rings. The molecular weight excluding hydrogens is 320 g/mol. The van der Waals surface area contributed by atoms with Gasteiger partial charge < -0.3 is 4.74 Å². The van der Waals surface area contributed by atoms with Crippen LogP contribution >= 0.6 is 11.3 Å². The number of methoxy groups -OCH3 is 1. The Labute approximate surface area is 144 Å². The lowest BCUT2D eigenvalue weighted by Crippen LogP contribution is -2.21. The van der Waals surface area contributed by atoms with Crippen LogP contribution in [0.1, 0.15) is 52.1 Å². The molecular formula is C19H18N2O2S. The van der Waals surface area contributed by atoms with Crippen LogP contribution in [0.25, 0.3) is 10.2 Å². The van der Waals surface area contributed by atoms with Crippen LogP contribution in [-0.4, -0.2) is 23.0 Å². The molecule has 0 N–H and O–H groups in total. The first-order chi connectivity index (χ1) is 11.7. The monoisotopic (exact) mass is 338 g/mol. The first-order valence-electron chi connectivity index (χ1n) is 8.05. The Balaban J connectivity index is 1.51. The maximum absolute atomic E-state index is 11.5. The lowest BCUT2D eigenvalue weighted by molar-refractivity contribution is 0.0600. The molecule has 4 rings (SSSR count). The van der Waals surface area contributed by atoms with Gasteiger partial charge in [0.25, 0.3) is 0 Å². The Morgan fingerprint density at radius 2 is 1.88 bits per heavy atom. The lowest BCUT2D eigenvalue weighted by atomic mass is 9.69. The molecule has 0 bridgehead atoms. The minimum absolute atomic E-state index is 0.288. The van der Waals surface area contributed by atoms with Crippen molar-refractivity contribution in [3.8, 4) is 0 Å². The third-order valence-electron chi connectivity index (χ3n) is 4.79. The average molecular weight is 338 g/mol. The summed E-state index contributed by atoms with van der Waals surface area (Å²) in [4.78, 5) is 21.8. The molecule has 1 fully saturated rings. The van der Waals surface area contributed by atoms with Gasteiger partial charge in [-0.15, -0.1) is 11.3 Å². The van der Waals surface area contributed by atoms with E-state index in [-0.39, 0.29) is 5.97 Å². The van der Waals surface area contributed by atoms with E-state index in [0.29, 0.717) is 17.4 Å². The van der Waals surface area contributed by atoms with Gasteiger partial charge in [-0.3, -0.25) is 0 Å². The van der Waals surface area contributed by atoms with Crippen LogP contribution in [0.2, 0.25) is 0 Å². The number of aryl methyl sites for hydroxylation is 1. The molecule has 24 heavy (non-hydrogen) atoms. The van der Waals surface area contributed by atoms with Gasteiger partial charge in [0.1, 0.15) is 10.7 Å². The number of carbonyl (C=O) groups is 1. The lowest BCUT2D eigenvalue weighted by Gasteiger charge is -2.35. The van der Waals surface area contributed by atoms with E-state index >= 15 is 0 Å². The number of ether oxygens (including phenoxy) is 1. The Bertz CT molecular complexity index is 895. The Morgan fingerprint density at radius 1 is 1.12 bits per heavy atom. The van der Waals surface area contributed by atoms with Crippen molar-refractivity contribution >= 4 is 27.5 Å². The second-order valence-electron chi connectivity index (χ2n) is 6.27. The Hall–Kier alpha value is -2.27.